The van der Waals surface area contributed by atoms with E-state index in [0.717, 1.165) is 17.0 Å². The molecule has 8 nitrogen and oxygen atoms in total. The summed E-state index contributed by atoms with van der Waals surface area (Å²) in [5.41, 5.74) is 4.18. The minimum Gasteiger partial charge on any atom is -0.497 e. The molecule has 0 saturated carbocycles. The van der Waals surface area contributed by atoms with Crippen LogP contribution >= 0.6 is 0 Å². The Hall–Kier alpha value is -3.94. The minimum absolute atomic E-state index is 0.00233. The number of carbonyl (C=O) groups is 2. The van der Waals surface area contributed by atoms with E-state index in [4.69, 9.17) is 23.7 Å². The zero-order chi connectivity index (χ0) is 28.3. The Morgan fingerprint density at radius 2 is 1.56 bits per heavy atom. The molecule has 0 amide bonds. The van der Waals surface area contributed by atoms with Gasteiger partial charge in [0.1, 0.15) is 5.75 Å². The molecule has 2 aromatic rings. The molecule has 1 aliphatic carbocycles. The summed E-state index contributed by atoms with van der Waals surface area (Å²) in [5, 5.41) is 3.39. The Bertz CT molecular complexity index is 1280. The van der Waals surface area contributed by atoms with Gasteiger partial charge in [-0.1, -0.05) is 26.0 Å². The molecule has 1 N–H and O–H groups in total. The van der Waals surface area contributed by atoms with Crippen LogP contribution in [0.1, 0.15) is 56.6 Å². The van der Waals surface area contributed by atoms with Crippen LogP contribution in [0.4, 0.5) is 0 Å². The summed E-state index contributed by atoms with van der Waals surface area (Å²) >= 11 is 0. The van der Waals surface area contributed by atoms with Gasteiger partial charge < -0.3 is 29.0 Å². The highest BCUT2D eigenvalue weighted by molar-refractivity contribution is 6.04. The number of Topliss-reactive ketones (excluding diaryl/α,β-unsaturated/α-hetero) is 1. The third-order valence-corrected chi connectivity index (χ3v) is 7.20. The number of ketones is 1. The summed E-state index contributed by atoms with van der Waals surface area (Å²) < 4.78 is 27.7. The van der Waals surface area contributed by atoms with Gasteiger partial charge >= 0.3 is 5.97 Å². The number of nitrogens with one attached hydrogen (secondary N) is 1. The number of esters is 1. The van der Waals surface area contributed by atoms with Crippen molar-refractivity contribution in [1.29, 1.82) is 0 Å². The summed E-state index contributed by atoms with van der Waals surface area (Å²) in [5.74, 6) is 1.13. The molecule has 208 valence electrons. The average Bonchev–Trinajstić information content (AvgIpc) is 2.94. The van der Waals surface area contributed by atoms with E-state index in [1.165, 1.54) is 21.3 Å². The van der Waals surface area contributed by atoms with Crippen molar-refractivity contribution in [2.24, 2.45) is 5.92 Å². The normalized spacial score (nSPS) is 18.9. The second-order valence-corrected chi connectivity index (χ2v) is 10.2. The summed E-state index contributed by atoms with van der Waals surface area (Å²) in [6, 6.07) is 11.4. The first kappa shape index (κ1) is 28.1. The van der Waals surface area contributed by atoms with Crippen LogP contribution in [0.3, 0.4) is 0 Å². The number of carbonyl (C=O) groups excluding carboxylic acids is 2. The van der Waals surface area contributed by atoms with Gasteiger partial charge in [-0.05, 0) is 60.6 Å². The Morgan fingerprint density at radius 1 is 0.923 bits per heavy atom. The molecule has 0 fully saturated rings. The van der Waals surface area contributed by atoms with E-state index in [9.17, 15) is 9.59 Å². The lowest BCUT2D eigenvalue weighted by Crippen LogP contribution is -2.36. The lowest BCUT2D eigenvalue weighted by Gasteiger charge is -2.37. The fraction of sp³-hybridized carbons (Fsp3) is 0.419. The number of hydrogen-bond donors (Lipinski definition) is 1. The maximum atomic E-state index is 13.9. The Labute approximate surface area is 229 Å². The van der Waals surface area contributed by atoms with Crippen LogP contribution in [0.2, 0.25) is 0 Å². The first-order valence-electron chi connectivity index (χ1n) is 13.1. The number of dihydropyridines is 1. The minimum atomic E-state index is -0.654. The zero-order valence-corrected chi connectivity index (χ0v) is 23.7. The van der Waals surface area contributed by atoms with Crippen LogP contribution in [-0.2, 0) is 14.3 Å². The van der Waals surface area contributed by atoms with Crippen molar-refractivity contribution in [3.05, 3.63) is 70.1 Å². The van der Waals surface area contributed by atoms with Crippen molar-refractivity contribution < 1.29 is 33.3 Å². The van der Waals surface area contributed by atoms with Gasteiger partial charge in [0.05, 0.1) is 40.6 Å². The maximum Gasteiger partial charge on any atom is 0.336 e. The van der Waals surface area contributed by atoms with E-state index in [-0.39, 0.29) is 24.2 Å². The molecule has 0 saturated heterocycles. The van der Waals surface area contributed by atoms with Crippen LogP contribution in [0.15, 0.2) is 58.9 Å². The van der Waals surface area contributed by atoms with E-state index < -0.39 is 11.9 Å². The van der Waals surface area contributed by atoms with Crippen LogP contribution in [0.5, 0.6) is 23.0 Å². The predicted molar refractivity (Wildman–Crippen MR) is 147 cm³/mol. The first-order valence-corrected chi connectivity index (χ1v) is 13.1. The first-order chi connectivity index (χ1) is 18.7. The van der Waals surface area contributed by atoms with E-state index >= 15 is 0 Å². The van der Waals surface area contributed by atoms with Gasteiger partial charge in [0.2, 0.25) is 5.75 Å². The third-order valence-electron chi connectivity index (χ3n) is 7.20. The van der Waals surface area contributed by atoms with Crippen molar-refractivity contribution in [2.45, 2.75) is 45.4 Å². The second-order valence-electron chi connectivity index (χ2n) is 10.2. The van der Waals surface area contributed by atoms with Crippen molar-refractivity contribution in [1.82, 2.24) is 5.32 Å². The van der Waals surface area contributed by atoms with Gasteiger partial charge in [-0.15, -0.1) is 0 Å². The number of hydrogen-bond acceptors (Lipinski definition) is 8. The molecule has 0 bridgehead atoms. The second kappa shape index (κ2) is 11.8. The summed E-state index contributed by atoms with van der Waals surface area (Å²) in [6.07, 6.45) is 0.946. The Kier molecular flexibility index (Phi) is 8.53. The summed E-state index contributed by atoms with van der Waals surface area (Å²) in [7, 11) is 6.24. The number of ether oxygens (including phenoxy) is 5. The predicted octanol–water partition coefficient (Wildman–Crippen LogP) is 5.28. The lowest BCUT2D eigenvalue weighted by molar-refractivity contribution is -0.140. The molecular formula is C31H37NO7. The molecule has 8 heteroatoms. The molecule has 2 atom stereocenters. The number of rotatable bonds is 9. The quantitative estimate of drug-likeness (QED) is 0.434. The van der Waals surface area contributed by atoms with Gasteiger partial charge in [0.15, 0.2) is 17.3 Å². The van der Waals surface area contributed by atoms with Gasteiger partial charge in [-0.25, -0.2) is 4.79 Å². The van der Waals surface area contributed by atoms with Crippen molar-refractivity contribution >= 4 is 11.8 Å². The third kappa shape index (κ3) is 5.60. The molecule has 1 aliphatic heterocycles. The number of allylic oxidation sites excluding steroid dienone is 3. The zero-order valence-electron chi connectivity index (χ0n) is 23.7. The highest BCUT2D eigenvalue weighted by Crippen LogP contribution is 2.49. The Balaban J connectivity index is 1.83. The van der Waals surface area contributed by atoms with Gasteiger partial charge in [-0.2, -0.15) is 0 Å². The molecule has 2 aliphatic rings. The molecule has 0 aromatic heterocycles. The maximum absolute atomic E-state index is 13.9. The topological polar surface area (TPSA) is 92.3 Å². The molecule has 39 heavy (non-hydrogen) atoms. The summed E-state index contributed by atoms with van der Waals surface area (Å²) in [4.78, 5) is 27.4. The molecule has 4 rings (SSSR count). The highest BCUT2D eigenvalue weighted by atomic mass is 16.5. The van der Waals surface area contributed by atoms with Crippen LogP contribution in [0, 0.1) is 5.92 Å². The molecule has 1 heterocycles. The fourth-order valence-corrected chi connectivity index (χ4v) is 5.34. The van der Waals surface area contributed by atoms with Crippen LogP contribution in [0.25, 0.3) is 0 Å². The SMILES string of the molecule is COc1ccc([C@@H]2CC(=O)C3=C(C2)NC(C)=C(C(=O)OCC(C)C)[C@H]3c2cc(OC)c(OC)c(OC)c2)cc1. The van der Waals surface area contributed by atoms with E-state index in [0.29, 0.717) is 52.5 Å². The van der Waals surface area contributed by atoms with Gasteiger partial charge in [-0.3, -0.25) is 4.79 Å². The molecule has 0 spiro atoms. The molecule has 2 aromatic carbocycles. The van der Waals surface area contributed by atoms with Crippen LogP contribution < -0.4 is 24.3 Å². The smallest absolute Gasteiger partial charge is 0.336 e. The van der Waals surface area contributed by atoms with E-state index in [1.807, 2.05) is 45.0 Å². The van der Waals surface area contributed by atoms with Crippen LogP contribution in [-0.4, -0.2) is 46.8 Å². The average molecular weight is 536 g/mol. The monoisotopic (exact) mass is 535 g/mol. The molecule has 0 radical (unpaired) electrons. The summed E-state index contributed by atoms with van der Waals surface area (Å²) in [6.45, 7) is 6.09. The van der Waals surface area contributed by atoms with Gasteiger partial charge in [0, 0.05) is 29.3 Å². The molecular weight excluding hydrogens is 498 g/mol. The highest BCUT2D eigenvalue weighted by Gasteiger charge is 2.42. The Morgan fingerprint density at radius 3 is 2.10 bits per heavy atom. The van der Waals surface area contributed by atoms with Crippen molar-refractivity contribution in [3.8, 4) is 23.0 Å². The fourth-order valence-electron chi connectivity index (χ4n) is 5.34. The standard InChI is InChI=1S/C31H37NO7/c1-17(2)16-39-31(34)27-18(3)32-23-12-20(19-8-10-22(35-4)11-9-19)13-24(33)29(23)28(27)21-14-25(36-5)30(38-7)26(15-21)37-6/h8-11,14-15,17,20,28,32H,12-13,16H2,1-7H3/t20-,28+/m0/s1. The number of benzene rings is 2. The number of methoxy groups -OCH3 is 4. The van der Waals surface area contributed by atoms with E-state index in [2.05, 4.69) is 5.32 Å². The van der Waals surface area contributed by atoms with Gasteiger partial charge in [0.25, 0.3) is 0 Å². The lowest BCUT2D eigenvalue weighted by atomic mass is 9.71. The van der Waals surface area contributed by atoms with Crippen molar-refractivity contribution in [2.75, 3.05) is 35.0 Å². The largest absolute Gasteiger partial charge is 0.497 e. The van der Waals surface area contributed by atoms with Crippen molar-refractivity contribution in [3.63, 3.8) is 0 Å². The van der Waals surface area contributed by atoms with E-state index in [1.54, 1.807) is 19.2 Å². The molecule has 0 unspecified atom stereocenters.